The molecule has 1 rings (SSSR count). The number of carbonyl (C=O) groups excluding carboxylic acids is 1. The topological polar surface area (TPSA) is 38.8 Å². The molecule has 0 aliphatic rings. The Morgan fingerprint density at radius 1 is 1.26 bits per heavy atom. The third kappa shape index (κ3) is 5.01. The third-order valence-corrected chi connectivity index (χ3v) is 3.19. The van der Waals surface area contributed by atoms with Crippen LogP contribution in [0.2, 0.25) is 0 Å². The Hall–Kier alpha value is -1.39. The summed E-state index contributed by atoms with van der Waals surface area (Å²) in [5.74, 6) is -0.440. The first kappa shape index (κ1) is 15.7. The Kier molecular flexibility index (Phi) is 7.15. The fourth-order valence-electron chi connectivity index (χ4n) is 2.00. The fraction of sp³-hybridized carbons (Fsp3) is 0.533. The Bertz CT molecular complexity index is 367. The number of hydrogen-bond donors (Lipinski definition) is 0. The van der Waals surface area contributed by atoms with Gasteiger partial charge < -0.3 is 14.4 Å². The third-order valence-electron chi connectivity index (χ3n) is 3.19. The average molecular weight is 265 g/mol. The molecule has 1 atom stereocenters. The van der Waals surface area contributed by atoms with E-state index >= 15 is 0 Å². The van der Waals surface area contributed by atoms with E-state index in [2.05, 4.69) is 11.8 Å². The monoisotopic (exact) mass is 265 g/mol. The highest BCUT2D eigenvalue weighted by atomic mass is 16.5. The average Bonchev–Trinajstić information content (AvgIpc) is 2.48. The van der Waals surface area contributed by atoms with Crippen molar-refractivity contribution in [3.05, 3.63) is 35.9 Å². The van der Waals surface area contributed by atoms with Crippen LogP contribution in [-0.2, 0) is 14.3 Å². The lowest BCUT2D eigenvalue weighted by Gasteiger charge is -2.25. The van der Waals surface area contributed by atoms with E-state index in [1.807, 2.05) is 30.3 Å². The van der Waals surface area contributed by atoms with Crippen molar-refractivity contribution < 1.29 is 14.3 Å². The Labute approximate surface area is 115 Å². The van der Waals surface area contributed by atoms with Gasteiger partial charge in [0.1, 0.15) is 0 Å². The number of methoxy groups -OCH3 is 2. The van der Waals surface area contributed by atoms with Crippen LogP contribution in [0.15, 0.2) is 30.3 Å². The molecule has 0 saturated carbocycles. The van der Waals surface area contributed by atoms with Gasteiger partial charge in [0.15, 0.2) is 0 Å². The van der Waals surface area contributed by atoms with Gasteiger partial charge >= 0.3 is 5.97 Å². The van der Waals surface area contributed by atoms with Gasteiger partial charge in [-0.05, 0) is 12.1 Å². The molecular formula is C15H23NO3. The number of likely N-dealkylation sites (N-methyl/N-ethyl adjacent to an activating group) is 1. The molecule has 0 amide bonds. The zero-order chi connectivity index (χ0) is 14.1. The molecule has 0 saturated heterocycles. The van der Waals surface area contributed by atoms with Crippen LogP contribution in [0.5, 0.6) is 0 Å². The lowest BCUT2D eigenvalue weighted by Crippen LogP contribution is -2.34. The first-order chi connectivity index (χ1) is 9.22. The van der Waals surface area contributed by atoms with Crippen LogP contribution >= 0.6 is 0 Å². The van der Waals surface area contributed by atoms with Crippen molar-refractivity contribution in [2.45, 2.75) is 12.8 Å². The molecule has 106 valence electrons. The highest BCUT2D eigenvalue weighted by Gasteiger charge is 2.23. The summed E-state index contributed by atoms with van der Waals surface area (Å²) in [6.45, 7) is 5.08. The number of benzene rings is 1. The van der Waals surface area contributed by atoms with Crippen molar-refractivity contribution in [2.75, 3.05) is 40.5 Å². The van der Waals surface area contributed by atoms with Crippen molar-refractivity contribution >= 4 is 5.97 Å². The largest absolute Gasteiger partial charge is 0.469 e. The van der Waals surface area contributed by atoms with E-state index < -0.39 is 0 Å². The molecule has 0 radical (unpaired) electrons. The van der Waals surface area contributed by atoms with E-state index in [1.54, 1.807) is 7.11 Å². The predicted octanol–water partition coefficient (Wildman–Crippen LogP) is 1.91. The van der Waals surface area contributed by atoms with E-state index in [1.165, 1.54) is 7.11 Å². The predicted molar refractivity (Wildman–Crippen MR) is 75.2 cm³/mol. The van der Waals surface area contributed by atoms with E-state index in [-0.39, 0.29) is 11.9 Å². The molecule has 0 bridgehead atoms. The standard InChI is InChI=1S/C15H23NO3/c1-4-16(10-11-18-2)12-14(15(17)19-3)13-8-6-5-7-9-13/h5-9,14H,4,10-12H2,1-3H3. The van der Waals surface area contributed by atoms with Gasteiger partial charge in [0.25, 0.3) is 0 Å². The Morgan fingerprint density at radius 2 is 1.95 bits per heavy atom. The van der Waals surface area contributed by atoms with E-state index in [9.17, 15) is 4.79 Å². The van der Waals surface area contributed by atoms with Crippen LogP contribution in [0.1, 0.15) is 18.4 Å². The highest BCUT2D eigenvalue weighted by molar-refractivity contribution is 5.78. The minimum atomic E-state index is -0.247. The maximum atomic E-state index is 12.0. The highest BCUT2D eigenvalue weighted by Crippen LogP contribution is 2.18. The van der Waals surface area contributed by atoms with Crippen LogP contribution in [-0.4, -0.2) is 51.3 Å². The quantitative estimate of drug-likeness (QED) is 0.673. The lowest BCUT2D eigenvalue weighted by molar-refractivity contribution is -0.143. The van der Waals surface area contributed by atoms with Crippen molar-refractivity contribution in [1.29, 1.82) is 0 Å². The number of ether oxygens (including phenoxy) is 2. The van der Waals surface area contributed by atoms with Gasteiger partial charge in [0.2, 0.25) is 0 Å². The first-order valence-corrected chi connectivity index (χ1v) is 6.57. The minimum Gasteiger partial charge on any atom is -0.469 e. The molecule has 4 nitrogen and oxygen atoms in total. The molecular weight excluding hydrogens is 242 g/mol. The molecule has 0 fully saturated rings. The molecule has 0 heterocycles. The summed E-state index contributed by atoms with van der Waals surface area (Å²) in [7, 11) is 3.12. The van der Waals surface area contributed by atoms with Crippen molar-refractivity contribution in [1.82, 2.24) is 4.90 Å². The van der Waals surface area contributed by atoms with Crippen molar-refractivity contribution in [3.8, 4) is 0 Å². The molecule has 0 aliphatic heterocycles. The first-order valence-electron chi connectivity index (χ1n) is 6.57. The summed E-state index contributed by atoms with van der Waals surface area (Å²) < 4.78 is 10.0. The lowest BCUT2D eigenvalue weighted by atomic mass is 9.98. The van der Waals surface area contributed by atoms with E-state index in [0.717, 1.165) is 18.7 Å². The molecule has 0 aliphatic carbocycles. The van der Waals surface area contributed by atoms with Gasteiger partial charge in [0, 0.05) is 20.2 Å². The molecule has 0 spiro atoms. The fourth-order valence-corrected chi connectivity index (χ4v) is 2.00. The van der Waals surface area contributed by atoms with Crippen LogP contribution in [0.25, 0.3) is 0 Å². The SMILES string of the molecule is CCN(CCOC)CC(C(=O)OC)c1ccccc1. The Balaban J connectivity index is 2.77. The summed E-state index contributed by atoms with van der Waals surface area (Å²) in [4.78, 5) is 14.2. The number of nitrogens with zero attached hydrogens (tertiary/aromatic N) is 1. The number of hydrogen-bond acceptors (Lipinski definition) is 4. The van der Waals surface area contributed by atoms with Gasteiger partial charge in [-0.1, -0.05) is 37.3 Å². The molecule has 1 aromatic carbocycles. The Morgan fingerprint density at radius 3 is 2.47 bits per heavy atom. The normalized spacial score (nSPS) is 12.4. The van der Waals surface area contributed by atoms with Gasteiger partial charge in [-0.25, -0.2) is 0 Å². The zero-order valence-electron chi connectivity index (χ0n) is 12.0. The van der Waals surface area contributed by atoms with Crippen LogP contribution < -0.4 is 0 Å². The van der Waals surface area contributed by atoms with Crippen molar-refractivity contribution in [2.24, 2.45) is 0 Å². The summed E-state index contributed by atoms with van der Waals surface area (Å²) in [6.07, 6.45) is 0. The van der Waals surface area contributed by atoms with E-state index in [4.69, 9.17) is 9.47 Å². The van der Waals surface area contributed by atoms with Crippen LogP contribution in [0.3, 0.4) is 0 Å². The molecule has 1 aromatic rings. The van der Waals surface area contributed by atoms with Gasteiger partial charge in [0.05, 0.1) is 19.6 Å². The van der Waals surface area contributed by atoms with Gasteiger partial charge in [-0.15, -0.1) is 0 Å². The van der Waals surface area contributed by atoms with Crippen LogP contribution in [0.4, 0.5) is 0 Å². The molecule has 19 heavy (non-hydrogen) atoms. The second-order valence-electron chi connectivity index (χ2n) is 4.37. The molecule has 4 heteroatoms. The summed E-state index contributed by atoms with van der Waals surface area (Å²) in [6, 6.07) is 9.76. The molecule has 1 unspecified atom stereocenters. The van der Waals surface area contributed by atoms with Gasteiger partial charge in [-0.2, -0.15) is 0 Å². The van der Waals surface area contributed by atoms with Crippen LogP contribution in [0, 0.1) is 0 Å². The van der Waals surface area contributed by atoms with E-state index in [0.29, 0.717) is 13.2 Å². The maximum Gasteiger partial charge on any atom is 0.314 e. The second-order valence-corrected chi connectivity index (χ2v) is 4.37. The minimum absolute atomic E-state index is 0.193. The zero-order valence-corrected chi connectivity index (χ0v) is 12.0. The number of carbonyl (C=O) groups is 1. The smallest absolute Gasteiger partial charge is 0.314 e. The second kappa shape index (κ2) is 8.67. The molecule has 0 aromatic heterocycles. The summed E-state index contributed by atoms with van der Waals surface area (Å²) in [5, 5.41) is 0. The number of esters is 1. The maximum absolute atomic E-state index is 12.0. The van der Waals surface area contributed by atoms with Gasteiger partial charge in [-0.3, -0.25) is 4.79 Å². The summed E-state index contributed by atoms with van der Waals surface area (Å²) in [5.41, 5.74) is 0.991. The number of rotatable bonds is 8. The summed E-state index contributed by atoms with van der Waals surface area (Å²) >= 11 is 0. The van der Waals surface area contributed by atoms with Crippen molar-refractivity contribution in [3.63, 3.8) is 0 Å². The molecule has 0 N–H and O–H groups in total.